The van der Waals surface area contributed by atoms with Crippen LogP contribution in [0.15, 0.2) is 23.1 Å². The van der Waals surface area contributed by atoms with E-state index in [2.05, 4.69) is 10.6 Å². The SMILES string of the molecule is COc1ccc(NC(=O)NC(C)(C)CCC(=O)O)c(S(C)(=O)=O)c1. The molecule has 0 aliphatic heterocycles. The highest BCUT2D eigenvalue weighted by Crippen LogP contribution is 2.26. The zero-order chi connectivity index (χ0) is 18.5. The molecule has 0 aromatic heterocycles. The van der Waals surface area contributed by atoms with E-state index in [4.69, 9.17) is 9.84 Å². The van der Waals surface area contributed by atoms with Gasteiger partial charge in [0.1, 0.15) is 5.75 Å². The van der Waals surface area contributed by atoms with Gasteiger partial charge in [-0.25, -0.2) is 13.2 Å². The van der Waals surface area contributed by atoms with E-state index in [0.717, 1.165) is 6.26 Å². The van der Waals surface area contributed by atoms with Gasteiger partial charge in [-0.2, -0.15) is 0 Å². The van der Waals surface area contributed by atoms with Gasteiger partial charge in [0.2, 0.25) is 0 Å². The molecule has 0 saturated heterocycles. The van der Waals surface area contributed by atoms with Crippen LogP contribution in [-0.4, -0.2) is 44.4 Å². The second-order valence-corrected chi connectivity index (χ2v) is 7.98. The first-order valence-corrected chi connectivity index (χ1v) is 9.03. The van der Waals surface area contributed by atoms with Gasteiger partial charge >= 0.3 is 12.0 Å². The van der Waals surface area contributed by atoms with Gasteiger partial charge < -0.3 is 20.5 Å². The zero-order valence-corrected chi connectivity index (χ0v) is 14.9. The number of hydrogen-bond acceptors (Lipinski definition) is 5. The molecule has 2 amide bonds. The normalized spacial score (nSPS) is 11.7. The van der Waals surface area contributed by atoms with E-state index in [9.17, 15) is 18.0 Å². The van der Waals surface area contributed by atoms with Crippen molar-refractivity contribution in [2.75, 3.05) is 18.7 Å². The fourth-order valence-electron chi connectivity index (χ4n) is 1.98. The third kappa shape index (κ3) is 6.07. The summed E-state index contributed by atoms with van der Waals surface area (Å²) in [6.45, 7) is 3.36. The Morgan fingerprint density at radius 3 is 2.42 bits per heavy atom. The number of benzene rings is 1. The Hall–Kier alpha value is -2.29. The fourth-order valence-corrected chi connectivity index (χ4v) is 2.83. The van der Waals surface area contributed by atoms with Crippen LogP contribution in [0.2, 0.25) is 0 Å². The molecule has 1 rings (SSSR count). The molecule has 0 saturated carbocycles. The average Bonchev–Trinajstić information content (AvgIpc) is 2.44. The first-order valence-electron chi connectivity index (χ1n) is 7.14. The second-order valence-electron chi connectivity index (χ2n) is 5.99. The van der Waals surface area contributed by atoms with Crippen molar-refractivity contribution in [3.8, 4) is 5.75 Å². The van der Waals surface area contributed by atoms with Crippen LogP contribution in [0, 0.1) is 0 Å². The molecule has 3 N–H and O–H groups in total. The molecule has 0 bridgehead atoms. The summed E-state index contributed by atoms with van der Waals surface area (Å²) in [5, 5.41) is 13.8. The summed E-state index contributed by atoms with van der Waals surface area (Å²) < 4.78 is 28.7. The Balaban J connectivity index is 2.93. The summed E-state index contributed by atoms with van der Waals surface area (Å²) in [6, 6.07) is 3.65. The number of hydrogen-bond donors (Lipinski definition) is 3. The Bertz CT molecular complexity index is 727. The molecular formula is C15H22N2O6S. The van der Waals surface area contributed by atoms with Crippen LogP contribution in [0.5, 0.6) is 5.75 Å². The van der Waals surface area contributed by atoms with E-state index >= 15 is 0 Å². The number of sulfone groups is 1. The maximum atomic E-state index is 12.1. The quantitative estimate of drug-likeness (QED) is 0.684. The monoisotopic (exact) mass is 358 g/mol. The summed E-state index contributed by atoms with van der Waals surface area (Å²) >= 11 is 0. The third-order valence-corrected chi connectivity index (χ3v) is 4.39. The largest absolute Gasteiger partial charge is 0.497 e. The number of carbonyl (C=O) groups excluding carboxylic acids is 1. The lowest BCUT2D eigenvalue weighted by Crippen LogP contribution is -2.45. The van der Waals surface area contributed by atoms with Crippen molar-refractivity contribution >= 4 is 27.5 Å². The molecule has 0 aliphatic rings. The van der Waals surface area contributed by atoms with Crippen LogP contribution < -0.4 is 15.4 Å². The summed E-state index contributed by atoms with van der Waals surface area (Å²) in [7, 11) is -2.17. The van der Waals surface area contributed by atoms with Gasteiger partial charge in [0, 0.05) is 24.3 Å². The van der Waals surface area contributed by atoms with Crippen molar-refractivity contribution in [3.05, 3.63) is 18.2 Å². The first kappa shape index (κ1) is 19.8. The lowest BCUT2D eigenvalue weighted by molar-refractivity contribution is -0.137. The van der Waals surface area contributed by atoms with Crippen LogP contribution in [-0.2, 0) is 14.6 Å². The average molecular weight is 358 g/mol. The minimum atomic E-state index is -3.58. The van der Waals surface area contributed by atoms with Crippen LogP contribution in [0.4, 0.5) is 10.5 Å². The number of methoxy groups -OCH3 is 1. The summed E-state index contributed by atoms with van der Waals surface area (Å²) in [5.41, 5.74) is -0.648. The van der Waals surface area contributed by atoms with Gasteiger partial charge in [0.15, 0.2) is 9.84 Å². The molecule has 9 heteroatoms. The highest BCUT2D eigenvalue weighted by Gasteiger charge is 2.23. The molecule has 24 heavy (non-hydrogen) atoms. The highest BCUT2D eigenvalue weighted by molar-refractivity contribution is 7.90. The van der Waals surface area contributed by atoms with E-state index < -0.39 is 27.4 Å². The Kier molecular flexibility index (Phi) is 6.19. The van der Waals surface area contributed by atoms with Gasteiger partial charge in [0.25, 0.3) is 0 Å². The molecule has 8 nitrogen and oxygen atoms in total. The van der Waals surface area contributed by atoms with Gasteiger partial charge in [0.05, 0.1) is 17.7 Å². The zero-order valence-electron chi connectivity index (χ0n) is 14.0. The summed E-state index contributed by atoms with van der Waals surface area (Å²) in [6.07, 6.45) is 1.17. The van der Waals surface area contributed by atoms with Crippen molar-refractivity contribution in [1.29, 1.82) is 0 Å². The van der Waals surface area contributed by atoms with E-state index in [1.807, 2.05) is 0 Å². The maximum absolute atomic E-state index is 12.1. The van der Waals surface area contributed by atoms with Crippen molar-refractivity contribution in [3.63, 3.8) is 0 Å². The smallest absolute Gasteiger partial charge is 0.319 e. The molecule has 0 fully saturated rings. The second kappa shape index (κ2) is 7.52. The number of ether oxygens (including phenoxy) is 1. The predicted molar refractivity (Wildman–Crippen MR) is 89.2 cm³/mol. The molecule has 0 radical (unpaired) electrons. The Morgan fingerprint density at radius 1 is 1.29 bits per heavy atom. The van der Waals surface area contributed by atoms with Crippen LogP contribution in [0.1, 0.15) is 26.7 Å². The Morgan fingerprint density at radius 2 is 1.92 bits per heavy atom. The van der Waals surface area contributed by atoms with Gasteiger partial charge in [-0.1, -0.05) is 0 Å². The first-order chi connectivity index (χ1) is 10.9. The number of rotatable bonds is 7. The van der Waals surface area contributed by atoms with Crippen molar-refractivity contribution in [2.45, 2.75) is 37.1 Å². The summed E-state index contributed by atoms with van der Waals surface area (Å²) in [5.74, 6) is -0.608. The molecule has 0 atom stereocenters. The number of amides is 2. The van der Waals surface area contributed by atoms with E-state index in [0.29, 0.717) is 5.75 Å². The maximum Gasteiger partial charge on any atom is 0.319 e. The van der Waals surface area contributed by atoms with Crippen molar-refractivity contribution in [1.82, 2.24) is 5.32 Å². The van der Waals surface area contributed by atoms with Gasteiger partial charge in [-0.05, 0) is 32.4 Å². The highest BCUT2D eigenvalue weighted by atomic mass is 32.2. The van der Waals surface area contributed by atoms with Gasteiger partial charge in [-0.15, -0.1) is 0 Å². The molecule has 0 aliphatic carbocycles. The lowest BCUT2D eigenvalue weighted by Gasteiger charge is -2.26. The molecule has 0 unspecified atom stereocenters. The molecular weight excluding hydrogens is 336 g/mol. The predicted octanol–water partition coefficient (Wildman–Crippen LogP) is 1.86. The molecule has 0 heterocycles. The number of carboxylic acid groups (broad SMARTS) is 1. The number of nitrogens with one attached hydrogen (secondary N) is 2. The number of aliphatic carboxylic acids is 1. The minimum absolute atomic E-state index is 0.0691. The van der Waals surface area contributed by atoms with Crippen LogP contribution in [0.3, 0.4) is 0 Å². The van der Waals surface area contributed by atoms with E-state index in [1.54, 1.807) is 13.8 Å². The topological polar surface area (TPSA) is 122 Å². The third-order valence-electron chi connectivity index (χ3n) is 3.25. The number of anilines is 1. The number of urea groups is 1. The minimum Gasteiger partial charge on any atom is -0.497 e. The Labute approximate surface area is 141 Å². The molecule has 0 spiro atoms. The van der Waals surface area contributed by atoms with Crippen LogP contribution >= 0.6 is 0 Å². The van der Waals surface area contributed by atoms with E-state index in [-0.39, 0.29) is 23.4 Å². The standard InChI is InChI=1S/C15H22N2O6S/c1-15(2,8-7-13(18)19)17-14(20)16-11-6-5-10(23-3)9-12(11)24(4,21)22/h5-6,9H,7-8H2,1-4H3,(H,18,19)(H2,16,17,20). The molecule has 1 aromatic rings. The van der Waals surface area contributed by atoms with Gasteiger partial charge in [-0.3, -0.25) is 4.79 Å². The summed E-state index contributed by atoms with van der Waals surface area (Å²) in [4.78, 5) is 22.7. The molecule has 134 valence electrons. The fraction of sp³-hybridized carbons (Fsp3) is 0.467. The van der Waals surface area contributed by atoms with Crippen molar-refractivity contribution < 1.29 is 27.9 Å². The number of carboxylic acids is 1. The lowest BCUT2D eigenvalue weighted by atomic mass is 9.99. The number of carbonyl (C=O) groups is 2. The van der Waals surface area contributed by atoms with Crippen molar-refractivity contribution in [2.24, 2.45) is 0 Å². The van der Waals surface area contributed by atoms with Crippen LogP contribution in [0.25, 0.3) is 0 Å². The van der Waals surface area contributed by atoms with E-state index in [1.165, 1.54) is 25.3 Å². The molecule has 1 aromatic carbocycles.